The zero-order valence-corrected chi connectivity index (χ0v) is 11.0. The molecule has 16 heavy (non-hydrogen) atoms. The van der Waals surface area contributed by atoms with Gasteiger partial charge >= 0.3 is 0 Å². The van der Waals surface area contributed by atoms with Gasteiger partial charge in [-0.1, -0.05) is 27.2 Å². The minimum Gasteiger partial charge on any atom is -0.355 e. The van der Waals surface area contributed by atoms with Crippen molar-refractivity contribution in [1.29, 1.82) is 0 Å². The van der Waals surface area contributed by atoms with E-state index < -0.39 is 0 Å². The van der Waals surface area contributed by atoms with E-state index in [1.165, 1.54) is 0 Å². The highest BCUT2D eigenvalue weighted by Gasteiger charge is 2.42. The Morgan fingerprint density at radius 3 is 2.56 bits per heavy atom. The molecule has 0 bridgehead atoms. The minimum atomic E-state index is -0.337. The van der Waals surface area contributed by atoms with Crippen molar-refractivity contribution in [3.05, 3.63) is 0 Å². The van der Waals surface area contributed by atoms with E-state index in [2.05, 4.69) is 26.1 Å². The maximum atomic E-state index is 12.1. The summed E-state index contributed by atoms with van der Waals surface area (Å²) in [6.07, 6.45) is 2.98. The molecule has 0 heterocycles. The van der Waals surface area contributed by atoms with Crippen LogP contribution < -0.4 is 11.1 Å². The van der Waals surface area contributed by atoms with Gasteiger partial charge in [0.1, 0.15) is 0 Å². The Balaban J connectivity index is 2.46. The molecule has 0 aromatic rings. The molecule has 3 heteroatoms. The van der Waals surface area contributed by atoms with Crippen molar-refractivity contribution in [2.75, 3.05) is 6.54 Å². The van der Waals surface area contributed by atoms with E-state index in [4.69, 9.17) is 5.73 Å². The third-order valence-electron chi connectivity index (χ3n) is 4.27. The molecule has 1 amide bonds. The highest BCUT2D eigenvalue weighted by molar-refractivity contribution is 5.83. The summed E-state index contributed by atoms with van der Waals surface area (Å²) in [5.41, 5.74) is 5.68. The second-order valence-corrected chi connectivity index (χ2v) is 5.85. The van der Waals surface area contributed by atoms with Crippen molar-refractivity contribution >= 4 is 5.91 Å². The zero-order valence-electron chi connectivity index (χ0n) is 11.0. The lowest BCUT2D eigenvalue weighted by molar-refractivity contribution is -0.130. The quantitative estimate of drug-likeness (QED) is 0.769. The van der Waals surface area contributed by atoms with Gasteiger partial charge in [0.25, 0.3) is 0 Å². The van der Waals surface area contributed by atoms with Crippen LogP contribution in [0.1, 0.15) is 47.0 Å². The van der Waals surface area contributed by atoms with Crippen LogP contribution in [-0.2, 0) is 4.79 Å². The van der Waals surface area contributed by atoms with Crippen molar-refractivity contribution < 1.29 is 4.79 Å². The number of carbonyl (C=O) groups excluding carboxylic acids is 1. The van der Waals surface area contributed by atoms with Crippen LogP contribution in [0.15, 0.2) is 0 Å². The van der Waals surface area contributed by atoms with Crippen LogP contribution in [0.4, 0.5) is 0 Å². The molecule has 3 atom stereocenters. The Labute approximate surface area is 99.2 Å². The number of amides is 1. The summed E-state index contributed by atoms with van der Waals surface area (Å²) in [6, 6.07) is 0.0295. The van der Waals surface area contributed by atoms with E-state index in [9.17, 15) is 4.79 Å². The summed E-state index contributed by atoms with van der Waals surface area (Å²) < 4.78 is 0. The average Bonchev–Trinajstić information content (AvgIpc) is 2.56. The standard InChI is InChI=1S/C13H26N2O/c1-9(2)10(3)8-15-12(16)13(4)7-5-6-11(13)14/h9-11H,5-8,14H2,1-4H3,(H,15,16). The summed E-state index contributed by atoms with van der Waals surface area (Å²) in [5.74, 6) is 1.26. The molecule has 1 rings (SSSR count). The molecular formula is C13H26N2O. The van der Waals surface area contributed by atoms with Crippen molar-refractivity contribution in [1.82, 2.24) is 5.32 Å². The lowest BCUT2D eigenvalue weighted by atomic mass is 9.84. The van der Waals surface area contributed by atoms with Gasteiger partial charge in [0.2, 0.25) is 5.91 Å². The molecule has 0 aromatic carbocycles. The molecule has 0 saturated heterocycles. The molecule has 3 unspecified atom stereocenters. The third kappa shape index (κ3) is 2.76. The molecule has 0 aliphatic heterocycles. The van der Waals surface area contributed by atoms with Gasteiger partial charge in [-0.15, -0.1) is 0 Å². The van der Waals surface area contributed by atoms with Gasteiger partial charge in [-0.3, -0.25) is 4.79 Å². The fourth-order valence-electron chi connectivity index (χ4n) is 2.17. The molecule has 1 aliphatic carbocycles. The van der Waals surface area contributed by atoms with Crippen LogP contribution in [0, 0.1) is 17.3 Å². The highest BCUT2D eigenvalue weighted by atomic mass is 16.2. The fourth-order valence-corrected chi connectivity index (χ4v) is 2.17. The molecule has 0 radical (unpaired) electrons. The second kappa shape index (κ2) is 5.17. The largest absolute Gasteiger partial charge is 0.355 e. The fraction of sp³-hybridized carbons (Fsp3) is 0.923. The van der Waals surface area contributed by atoms with Crippen LogP contribution in [0.5, 0.6) is 0 Å². The molecule has 0 spiro atoms. The summed E-state index contributed by atoms with van der Waals surface area (Å²) in [5, 5.41) is 3.06. The molecule has 0 aromatic heterocycles. The first kappa shape index (κ1) is 13.5. The van der Waals surface area contributed by atoms with Crippen molar-refractivity contribution in [3.63, 3.8) is 0 Å². The van der Waals surface area contributed by atoms with Gasteiger partial charge in [0.05, 0.1) is 5.41 Å². The number of carbonyl (C=O) groups is 1. The van der Waals surface area contributed by atoms with E-state index >= 15 is 0 Å². The third-order valence-corrected chi connectivity index (χ3v) is 4.27. The first-order valence-electron chi connectivity index (χ1n) is 6.42. The van der Waals surface area contributed by atoms with Crippen molar-refractivity contribution in [2.45, 2.75) is 53.0 Å². The number of rotatable bonds is 4. The van der Waals surface area contributed by atoms with Crippen LogP contribution in [-0.4, -0.2) is 18.5 Å². The molecule has 1 saturated carbocycles. The first-order chi connectivity index (χ1) is 7.38. The van der Waals surface area contributed by atoms with Gasteiger partial charge in [0.15, 0.2) is 0 Å². The highest BCUT2D eigenvalue weighted by Crippen LogP contribution is 2.36. The Bertz CT molecular complexity index is 252. The Morgan fingerprint density at radius 2 is 2.12 bits per heavy atom. The lowest BCUT2D eigenvalue weighted by Crippen LogP contribution is -2.48. The molecule has 1 aliphatic rings. The van der Waals surface area contributed by atoms with Crippen LogP contribution >= 0.6 is 0 Å². The summed E-state index contributed by atoms with van der Waals surface area (Å²) in [7, 11) is 0. The topological polar surface area (TPSA) is 55.1 Å². The summed E-state index contributed by atoms with van der Waals surface area (Å²) in [4.78, 5) is 12.1. The number of hydrogen-bond acceptors (Lipinski definition) is 2. The van der Waals surface area contributed by atoms with Gasteiger partial charge in [-0.2, -0.15) is 0 Å². The maximum absolute atomic E-state index is 12.1. The van der Waals surface area contributed by atoms with Crippen molar-refractivity contribution in [2.24, 2.45) is 23.0 Å². The van der Waals surface area contributed by atoms with Crippen LogP contribution in [0.2, 0.25) is 0 Å². The van der Waals surface area contributed by atoms with E-state index in [1.54, 1.807) is 0 Å². The number of hydrogen-bond donors (Lipinski definition) is 2. The molecule has 3 N–H and O–H groups in total. The molecule has 94 valence electrons. The summed E-state index contributed by atoms with van der Waals surface area (Å²) in [6.45, 7) is 9.29. The van der Waals surface area contributed by atoms with E-state index in [0.29, 0.717) is 11.8 Å². The van der Waals surface area contributed by atoms with E-state index in [1.807, 2.05) is 6.92 Å². The van der Waals surface area contributed by atoms with Gasteiger partial charge in [-0.25, -0.2) is 0 Å². The van der Waals surface area contributed by atoms with Gasteiger partial charge in [-0.05, 0) is 31.6 Å². The monoisotopic (exact) mass is 226 g/mol. The van der Waals surface area contributed by atoms with Crippen LogP contribution in [0.3, 0.4) is 0 Å². The Morgan fingerprint density at radius 1 is 1.50 bits per heavy atom. The van der Waals surface area contributed by atoms with Crippen molar-refractivity contribution in [3.8, 4) is 0 Å². The van der Waals surface area contributed by atoms with Gasteiger partial charge in [0, 0.05) is 12.6 Å². The van der Waals surface area contributed by atoms with Crippen LogP contribution in [0.25, 0.3) is 0 Å². The molecule has 1 fully saturated rings. The summed E-state index contributed by atoms with van der Waals surface area (Å²) >= 11 is 0. The Hall–Kier alpha value is -0.570. The normalized spacial score (nSPS) is 31.8. The van der Waals surface area contributed by atoms with E-state index in [0.717, 1.165) is 25.8 Å². The second-order valence-electron chi connectivity index (χ2n) is 5.85. The number of nitrogens with two attached hydrogens (primary N) is 1. The number of nitrogens with one attached hydrogen (secondary N) is 1. The smallest absolute Gasteiger partial charge is 0.227 e. The zero-order chi connectivity index (χ0) is 12.3. The van der Waals surface area contributed by atoms with E-state index in [-0.39, 0.29) is 17.4 Å². The predicted molar refractivity (Wildman–Crippen MR) is 66.9 cm³/mol. The minimum absolute atomic E-state index is 0.0295. The first-order valence-corrected chi connectivity index (χ1v) is 6.42. The Kier molecular flexibility index (Phi) is 4.36. The molecule has 3 nitrogen and oxygen atoms in total. The maximum Gasteiger partial charge on any atom is 0.227 e. The SMILES string of the molecule is CC(C)C(C)CNC(=O)C1(C)CCCC1N. The molecular weight excluding hydrogens is 200 g/mol. The predicted octanol–water partition coefficient (Wildman–Crippen LogP) is 1.91. The average molecular weight is 226 g/mol. The van der Waals surface area contributed by atoms with Gasteiger partial charge < -0.3 is 11.1 Å². The lowest BCUT2D eigenvalue weighted by Gasteiger charge is -2.28.